The van der Waals surface area contributed by atoms with Crippen molar-refractivity contribution in [2.24, 2.45) is 11.8 Å². The molecule has 158 valence electrons. The highest BCUT2D eigenvalue weighted by atomic mass is 28.4. The molecule has 2 rings (SSSR count). The lowest BCUT2D eigenvalue weighted by Crippen LogP contribution is -2.48. The Hall–Kier alpha value is 0.271. The summed E-state index contributed by atoms with van der Waals surface area (Å²) in [4.78, 5) is 0. The van der Waals surface area contributed by atoms with Crippen LogP contribution >= 0.6 is 0 Å². The third kappa shape index (κ3) is 5.89. The van der Waals surface area contributed by atoms with Crippen LogP contribution in [0.3, 0.4) is 0 Å². The first-order valence-electron chi connectivity index (χ1n) is 11.6. The van der Waals surface area contributed by atoms with Crippen molar-refractivity contribution in [1.82, 2.24) is 0 Å². The van der Waals surface area contributed by atoms with E-state index in [0.717, 1.165) is 17.4 Å². The Morgan fingerprint density at radius 2 is 1.33 bits per heavy atom. The molecule has 2 aliphatic carbocycles. The number of rotatable bonds is 14. The fourth-order valence-electron chi connectivity index (χ4n) is 5.05. The number of fused-ring (bicyclic) bond motifs is 2. The summed E-state index contributed by atoms with van der Waals surface area (Å²) in [6.45, 7) is 14.5. The fraction of sp³-hybridized carbons (Fsp3) is 0.905. The average Bonchev–Trinajstić information content (AvgIpc) is 3.33. The molecule has 2 bridgehead atoms. The van der Waals surface area contributed by atoms with Gasteiger partial charge in [-0.3, -0.25) is 0 Å². The predicted octanol–water partition coefficient (Wildman–Crippen LogP) is 5.84. The first-order chi connectivity index (χ1) is 13.0. The number of hydrogen-bond donors (Lipinski definition) is 0. The molecule has 3 nitrogen and oxygen atoms in total. The highest BCUT2D eigenvalue weighted by Gasteiger charge is 2.39. The van der Waals surface area contributed by atoms with E-state index in [1.807, 2.05) is 0 Å². The lowest BCUT2D eigenvalue weighted by molar-refractivity contribution is -0.0443. The van der Waals surface area contributed by atoms with Crippen LogP contribution in [-0.4, -0.2) is 39.3 Å². The van der Waals surface area contributed by atoms with E-state index in [9.17, 15) is 0 Å². The molecule has 0 amide bonds. The van der Waals surface area contributed by atoms with E-state index in [1.165, 1.54) is 49.1 Å². The fourth-order valence-corrected chi connectivity index (χ4v) is 12.3. The summed E-state index contributed by atoms with van der Waals surface area (Å²) in [6, 6.07) is 7.04. The first-order valence-corrected chi connectivity index (χ1v) is 18.1. The summed E-state index contributed by atoms with van der Waals surface area (Å²) in [6.07, 6.45) is 7.51. The van der Waals surface area contributed by atoms with Gasteiger partial charge < -0.3 is 13.3 Å². The average molecular weight is 429 g/mol. The van der Waals surface area contributed by atoms with Gasteiger partial charge in [0, 0.05) is 0 Å². The molecule has 0 spiro atoms. The monoisotopic (exact) mass is 428 g/mol. The Morgan fingerprint density at radius 3 is 1.70 bits per heavy atom. The van der Waals surface area contributed by atoms with Crippen molar-refractivity contribution in [2.75, 3.05) is 6.61 Å². The zero-order valence-electron chi connectivity index (χ0n) is 18.8. The van der Waals surface area contributed by atoms with Gasteiger partial charge in [0.25, 0.3) is 0 Å². The molecule has 1 saturated carbocycles. The van der Waals surface area contributed by atoms with Crippen molar-refractivity contribution in [3.05, 3.63) is 12.2 Å². The minimum atomic E-state index is -1.69. The van der Waals surface area contributed by atoms with Gasteiger partial charge in [-0.25, -0.2) is 0 Å². The largest absolute Gasteiger partial charge is 0.419 e. The summed E-state index contributed by atoms with van der Waals surface area (Å²) >= 11 is 0. The Labute approximate surface area is 172 Å². The van der Waals surface area contributed by atoms with Gasteiger partial charge in [0.15, 0.2) is 32.7 Å². The SMILES string of the molecule is CC[Si](CC)(CC)OC(CO[SiH2]C1CC2C=CC1C2)O[Si](CC)(CC)CC. The number of hydrogen-bond acceptors (Lipinski definition) is 3. The van der Waals surface area contributed by atoms with Crippen LogP contribution in [0.5, 0.6) is 0 Å². The summed E-state index contributed by atoms with van der Waals surface area (Å²) in [5.74, 6) is 1.66. The molecule has 0 aliphatic heterocycles. The van der Waals surface area contributed by atoms with Gasteiger partial charge in [0.05, 0.1) is 6.61 Å². The Morgan fingerprint density at radius 1 is 0.815 bits per heavy atom. The van der Waals surface area contributed by atoms with Gasteiger partial charge in [-0.2, -0.15) is 0 Å². The smallest absolute Gasteiger partial charge is 0.195 e. The normalized spacial score (nSPS) is 25.5. The molecule has 0 aromatic carbocycles. The molecular formula is C21H44O3Si3. The first kappa shape index (κ1) is 23.5. The van der Waals surface area contributed by atoms with Crippen molar-refractivity contribution in [3.63, 3.8) is 0 Å². The second-order valence-electron chi connectivity index (χ2n) is 8.73. The van der Waals surface area contributed by atoms with Gasteiger partial charge >= 0.3 is 0 Å². The number of allylic oxidation sites excluding steroid dienone is 2. The highest BCUT2D eigenvalue weighted by Crippen LogP contribution is 2.46. The summed E-state index contributed by atoms with van der Waals surface area (Å²) in [5, 5.41) is 0. The van der Waals surface area contributed by atoms with Gasteiger partial charge in [0.2, 0.25) is 0 Å². The molecule has 0 saturated heterocycles. The van der Waals surface area contributed by atoms with Crippen molar-refractivity contribution in [3.8, 4) is 0 Å². The minimum absolute atomic E-state index is 0.121. The van der Waals surface area contributed by atoms with E-state index in [0.29, 0.717) is 6.61 Å². The van der Waals surface area contributed by atoms with E-state index >= 15 is 0 Å². The summed E-state index contributed by atoms with van der Waals surface area (Å²) in [5.41, 5.74) is 0.844. The predicted molar refractivity (Wildman–Crippen MR) is 124 cm³/mol. The summed E-state index contributed by atoms with van der Waals surface area (Å²) in [7, 11) is -3.89. The standard InChI is InChI=1S/C21H44O3Si3/c1-7-26(8-2,9-3)23-21(24-27(10-4,11-5)12-6)17-22-25-20-16-18-13-14-19(20)15-18/h13-14,18-21H,7-12,15-17,25H2,1-6H3. The Kier molecular flexibility index (Phi) is 9.49. The Balaban J connectivity index is 1.98. The van der Waals surface area contributed by atoms with Crippen molar-refractivity contribution in [1.29, 1.82) is 0 Å². The van der Waals surface area contributed by atoms with Crippen LogP contribution in [0.15, 0.2) is 12.2 Å². The quantitative estimate of drug-likeness (QED) is 0.197. The van der Waals surface area contributed by atoms with Crippen LogP contribution in [0.2, 0.25) is 41.8 Å². The molecule has 6 heteroatoms. The van der Waals surface area contributed by atoms with E-state index in [2.05, 4.69) is 53.7 Å². The van der Waals surface area contributed by atoms with Gasteiger partial charge in [-0.05, 0) is 66.5 Å². The molecule has 0 N–H and O–H groups in total. The van der Waals surface area contributed by atoms with Gasteiger partial charge in [-0.1, -0.05) is 53.7 Å². The van der Waals surface area contributed by atoms with Crippen molar-refractivity contribution in [2.45, 2.75) is 102 Å². The molecule has 3 unspecified atom stereocenters. The van der Waals surface area contributed by atoms with E-state index in [-0.39, 0.29) is 6.29 Å². The maximum Gasteiger partial charge on any atom is 0.195 e. The molecule has 0 radical (unpaired) electrons. The maximum atomic E-state index is 6.81. The molecule has 0 aromatic heterocycles. The molecule has 1 fully saturated rings. The van der Waals surface area contributed by atoms with Crippen molar-refractivity contribution >= 4 is 26.4 Å². The van der Waals surface area contributed by atoms with E-state index < -0.39 is 26.4 Å². The van der Waals surface area contributed by atoms with Crippen LogP contribution in [-0.2, 0) is 13.3 Å². The second-order valence-corrected chi connectivity index (χ2v) is 20.0. The van der Waals surface area contributed by atoms with Crippen LogP contribution in [0.25, 0.3) is 0 Å². The zero-order valence-corrected chi connectivity index (χ0v) is 22.2. The maximum absolute atomic E-state index is 6.81. The van der Waals surface area contributed by atoms with Crippen LogP contribution in [0.1, 0.15) is 54.4 Å². The highest BCUT2D eigenvalue weighted by molar-refractivity contribution is 6.74. The Bertz CT molecular complexity index is 425. The molecule has 2 aliphatic rings. The molecule has 0 aromatic rings. The van der Waals surface area contributed by atoms with Crippen LogP contribution in [0.4, 0.5) is 0 Å². The van der Waals surface area contributed by atoms with Crippen LogP contribution < -0.4 is 0 Å². The lowest BCUT2D eigenvalue weighted by Gasteiger charge is -2.38. The lowest BCUT2D eigenvalue weighted by atomic mass is 10.1. The third-order valence-corrected chi connectivity index (χ3v) is 18.7. The van der Waals surface area contributed by atoms with Gasteiger partial charge in [-0.15, -0.1) is 0 Å². The van der Waals surface area contributed by atoms with E-state index in [4.69, 9.17) is 13.3 Å². The van der Waals surface area contributed by atoms with E-state index in [1.54, 1.807) is 0 Å². The third-order valence-electron chi connectivity index (χ3n) is 7.63. The molecular weight excluding hydrogens is 384 g/mol. The zero-order chi connectivity index (χ0) is 19.9. The molecule has 27 heavy (non-hydrogen) atoms. The molecule has 3 atom stereocenters. The van der Waals surface area contributed by atoms with Gasteiger partial charge in [0.1, 0.15) is 0 Å². The topological polar surface area (TPSA) is 27.7 Å². The minimum Gasteiger partial charge on any atom is -0.419 e. The van der Waals surface area contributed by atoms with Crippen molar-refractivity contribution < 1.29 is 13.3 Å². The second kappa shape index (κ2) is 10.9. The summed E-state index contributed by atoms with van der Waals surface area (Å²) < 4.78 is 20.0. The molecule has 0 heterocycles. The van der Waals surface area contributed by atoms with Crippen LogP contribution in [0, 0.1) is 11.8 Å².